The average molecular weight is 272 g/mol. The number of aryl methyl sites for hydroxylation is 2. The highest BCUT2D eigenvalue weighted by Gasteiger charge is 2.16. The van der Waals surface area contributed by atoms with Crippen LogP contribution in [0.15, 0.2) is 22.8 Å². The summed E-state index contributed by atoms with van der Waals surface area (Å²) in [7, 11) is 1.87. The number of furan rings is 1. The molecule has 1 aromatic heterocycles. The molecule has 1 heterocycles. The number of nitrogens with one attached hydrogen (secondary N) is 2. The molecule has 1 aromatic carbocycles. The molecule has 1 amide bonds. The molecule has 0 bridgehead atoms. The van der Waals surface area contributed by atoms with Crippen LogP contribution in [0.4, 0.5) is 0 Å². The third-order valence-corrected chi connectivity index (χ3v) is 3.92. The van der Waals surface area contributed by atoms with Gasteiger partial charge in [-0.2, -0.15) is 0 Å². The van der Waals surface area contributed by atoms with Crippen LogP contribution in [0, 0.1) is 0 Å². The van der Waals surface area contributed by atoms with Gasteiger partial charge in [-0.1, -0.05) is 0 Å². The third-order valence-electron chi connectivity index (χ3n) is 3.92. The Morgan fingerprint density at radius 2 is 2.05 bits per heavy atom. The number of likely N-dealkylation sites (N-methyl/N-ethyl adjacent to an activating group) is 1. The number of hydrogen-bond acceptors (Lipinski definition) is 3. The van der Waals surface area contributed by atoms with Crippen LogP contribution in [0.1, 0.15) is 23.1 Å². The summed E-state index contributed by atoms with van der Waals surface area (Å²) >= 11 is 0. The monoisotopic (exact) mass is 272 g/mol. The van der Waals surface area contributed by atoms with Gasteiger partial charge >= 0.3 is 0 Å². The first kappa shape index (κ1) is 13.2. The van der Waals surface area contributed by atoms with E-state index < -0.39 is 0 Å². The lowest BCUT2D eigenvalue weighted by atomic mass is 10.0. The van der Waals surface area contributed by atoms with Gasteiger partial charge in [0.05, 0.1) is 12.7 Å². The number of carbonyl (C=O) groups is 1. The minimum absolute atomic E-state index is 0.0449. The summed E-state index contributed by atoms with van der Waals surface area (Å²) in [5.41, 5.74) is 4.70. The first-order valence-electron chi connectivity index (χ1n) is 7.21. The number of fused-ring (bicyclic) bond motifs is 2. The molecule has 2 aromatic rings. The molecule has 1 aliphatic carbocycles. The van der Waals surface area contributed by atoms with E-state index in [4.69, 9.17) is 4.42 Å². The molecule has 20 heavy (non-hydrogen) atoms. The van der Waals surface area contributed by atoms with Crippen molar-refractivity contribution in [3.05, 3.63) is 35.1 Å². The van der Waals surface area contributed by atoms with Gasteiger partial charge in [0.25, 0.3) is 0 Å². The summed E-state index contributed by atoms with van der Waals surface area (Å²) in [5, 5.41) is 6.99. The molecule has 2 N–H and O–H groups in total. The molecule has 0 spiro atoms. The van der Waals surface area contributed by atoms with E-state index in [9.17, 15) is 4.79 Å². The van der Waals surface area contributed by atoms with E-state index in [1.165, 1.54) is 17.5 Å². The predicted octanol–water partition coefficient (Wildman–Crippen LogP) is 1.80. The fraction of sp³-hybridized carbons (Fsp3) is 0.438. The molecular formula is C16H20N2O2. The number of rotatable bonds is 5. The Bertz CT molecular complexity index is 631. The molecular weight excluding hydrogens is 252 g/mol. The maximum atomic E-state index is 11.9. The molecule has 1 aliphatic rings. The smallest absolute Gasteiger partial charge is 0.224 e. The summed E-state index contributed by atoms with van der Waals surface area (Å²) in [6, 6.07) is 4.34. The molecule has 4 nitrogen and oxygen atoms in total. The van der Waals surface area contributed by atoms with E-state index in [0.717, 1.165) is 35.9 Å². The van der Waals surface area contributed by atoms with E-state index in [-0.39, 0.29) is 5.91 Å². The first-order valence-corrected chi connectivity index (χ1v) is 7.21. The van der Waals surface area contributed by atoms with Crippen LogP contribution in [0.5, 0.6) is 0 Å². The van der Waals surface area contributed by atoms with Gasteiger partial charge in [0, 0.05) is 24.0 Å². The van der Waals surface area contributed by atoms with Gasteiger partial charge in [-0.25, -0.2) is 0 Å². The maximum absolute atomic E-state index is 11.9. The fourth-order valence-electron chi connectivity index (χ4n) is 2.85. The van der Waals surface area contributed by atoms with Crippen LogP contribution in [-0.4, -0.2) is 26.0 Å². The van der Waals surface area contributed by atoms with Crippen LogP contribution in [0.25, 0.3) is 11.0 Å². The van der Waals surface area contributed by atoms with Crippen LogP contribution in [0.3, 0.4) is 0 Å². The van der Waals surface area contributed by atoms with Crippen LogP contribution in [0.2, 0.25) is 0 Å². The minimum atomic E-state index is 0.0449. The van der Waals surface area contributed by atoms with Crippen molar-refractivity contribution in [3.8, 4) is 0 Å². The Morgan fingerprint density at radius 3 is 2.85 bits per heavy atom. The van der Waals surface area contributed by atoms with Gasteiger partial charge in [-0.05, 0) is 49.6 Å². The van der Waals surface area contributed by atoms with E-state index >= 15 is 0 Å². The third kappa shape index (κ3) is 2.56. The second-order valence-electron chi connectivity index (χ2n) is 5.36. The second-order valence-corrected chi connectivity index (χ2v) is 5.36. The van der Waals surface area contributed by atoms with Gasteiger partial charge in [0.1, 0.15) is 5.58 Å². The van der Waals surface area contributed by atoms with Gasteiger partial charge in [-0.15, -0.1) is 0 Å². The molecule has 3 rings (SSSR count). The van der Waals surface area contributed by atoms with E-state index in [2.05, 4.69) is 22.8 Å². The van der Waals surface area contributed by atoms with Gasteiger partial charge in [0.15, 0.2) is 0 Å². The summed E-state index contributed by atoms with van der Waals surface area (Å²) in [5.74, 6) is 0.0449. The Kier molecular flexibility index (Phi) is 3.74. The summed E-state index contributed by atoms with van der Waals surface area (Å²) in [6.45, 7) is 1.44. The van der Waals surface area contributed by atoms with Crippen molar-refractivity contribution in [1.82, 2.24) is 10.6 Å². The topological polar surface area (TPSA) is 54.3 Å². The Balaban J connectivity index is 1.77. The normalized spacial score (nSPS) is 13.7. The summed E-state index contributed by atoms with van der Waals surface area (Å²) < 4.78 is 5.61. The average Bonchev–Trinajstić information content (AvgIpc) is 3.03. The molecule has 4 heteroatoms. The highest BCUT2D eigenvalue weighted by molar-refractivity contribution is 5.88. The van der Waals surface area contributed by atoms with Crippen molar-refractivity contribution in [2.45, 2.75) is 25.7 Å². The van der Waals surface area contributed by atoms with Gasteiger partial charge in [-0.3, -0.25) is 4.79 Å². The zero-order valence-electron chi connectivity index (χ0n) is 11.8. The summed E-state index contributed by atoms with van der Waals surface area (Å²) in [6.07, 6.45) is 5.62. The lowest BCUT2D eigenvalue weighted by Crippen LogP contribution is -2.31. The van der Waals surface area contributed by atoms with E-state index in [1.807, 2.05) is 7.05 Å². The summed E-state index contributed by atoms with van der Waals surface area (Å²) in [4.78, 5) is 11.9. The standard InChI is InChI=1S/C16H20N2O2/c1-17-5-6-18-16(19)9-13-10-20-15-8-12-4-2-3-11(12)7-14(13)15/h7-8,10,17H,2-6,9H2,1H3,(H,18,19). The highest BCUT2D eigenvalue weighted by atomic mass is 16.3. The molecule has 0 fully saturated rings. The second kappa shape index (κ2) is 5.67. The number of hydrogen-bond donors (Lipinski definition) is 2. The Hall–Kier alpha value is -1.81. The van der Waals surface area contributed by atoms with Crippen molar-refractivity contribution >= 4 is 16.9 Å². The molecule has 0 radical (unpaired) electrons. The quantitative estimate of drug-likeness (QED) is 0.816. The first-order chi connectivity index (χ1) is 9.78. The number of carbonyl (C=O) groups excluding carboxylic acids is 1. The van der Waals surface area contributed by atoms with Gasteiger partial charge in [0.2, 0.25) is 5.91 Å². The Labute approximate surface area is 118 Å². The SMILES string of the molecule is CNCCNC(=O)Cc1coc2cc3c(cc12)CCC3. The van der Waals surface area contributed by atoms with Crippen molar-refractivity contribution < 1.29 is 9.21 Å². The van der Waals surface area contributed by atoms with Gasteiger partial charge < -0.3 is 15.1 Å². The predicted molar refractivity (Wildman–Crippen MR) is 78.9 cm³/mol. The van der Waals surface area contributed by atoms with Crippen molar-refractivity contribution in [3.63, 3.8) is 0 Å². The molecule has 0 unspecified atom stereocenters. The fourth-order valence-corrected chi connectivity index (χ4v) is 2.85. The van der Waals surface area contributed by atoms with Crippen molar-refractivity contribution in [1.29, 1.82) is 0 Å². The van der Waals surface area contributed by atoms with Crippen LogP contribution < -0.4 is 10.6 Å². The van der Waals surface area contributed by atoms with Crippen LogP contribution in [-0.2, 0) is 24.1 Å². The minimum Gasteiger partial charge on any atom is -0.464 e. The van der Waals surface area contributed by atoms with Crippen LogP contribution >= 0.6 is 0 Å². The molecule has 0 saturated heterocycles. The lowest BCUT2D eigenvalue weighted by molar-refractivity contribution is -0.120. The van der Waals surface area contributed by atoms with Crippen molar-refractivity contribution in [2.24, 2.45) is 0 Å². The zero-order chi connectivity index (χ0) is 13.9. The Morgan fingerprint density at radius 1 is 1.25 bits per heavy atom. The highest BCUT2D eigenvalue weighted by Crippen LogP contribution is 2.30. The molecule has 0 aliphatic heterocycles. The largest absolute Gasteiger partial charge is 0.464 e. The van der Waals surface area contributed by atoms with Crippen molar-refractivity contribution in [2.75, 3.05) is 20.1 Å². The zero-order valence-corrected chi connectivity index (χ0v) is 11.8. The number of benzene rings is 1. The lowest BCUT2D eigenvalue weighted by Gasteiger charge is -2.04. The molecule has 0 saturated carbocycles. The molecule has 0 atom stereocenters. The maximum Gasteiger partial charge on any atom is 0.224 e. The molecule has 106 valence electrons. The van der Waals surface area contributed by atoms with E-state index in [1.54, 1.807) is 6.26 Å². The van der Waals surface area contributed by atoms with E-state index in [0.29, 0.717) is 13.0 Å². The number of amides is 1.